The molecule has 0 spiro atoms. The number of carbonyl (C=O) groups excluding carboxylic acids is 5. The van der Waals surface area contributed by atoms with Crippen LogP contribution in [0, 0.1) is 17.8 Å². The van der Waals surface area contributed by atoms with Crippen LogP contribution in [-0.2, 0) is 35.3 Å². The molecule has 0 unspecified atom stereocenters. The Labute approximate surface area is 345 Å². The fourth-order valence-corrected chi connectivity index (χ4v) is 9.85. The van der Waals surface area contributed by atoms with Crippen LogP contribution in [0.25, 0.3) is 11.3 Å². The molecule has 60 heavy (non-hydrogen) atoms. The number of phenols is 1. The van der Waals surface area contributed by atoms with E-state index in [2.05, 4.69) is 20.3 Å². The normalized spacial score (nSPS) is 27.9. The summed E-state index contributed by atoms with van der Waals surface area (Å²) >= 11 is 0. The van der Waals surface area contributed by atoms with Crippen molar-refractivity contribution in [2.45, 2.75) is 107 Å². The van der Waals surface area contributed by atoms with Gasteiger partial charge in [-0.05, 0) is 89.6 Å². The lowest BCUT2D eigenvalue weighted by Crippen LogP contribution is -2.60. The lowest BCUT2D eigenvalue weighted by molar-refractivity contribution is -0.142. The molecule has 6 atom stereocenters. The number of alkyl carbamates (subject to hydrolysis) is 1. The minimum atomic E-state index is -4.84. The molecule has 1 aromatic carbocycles. The molecule has 2 aromatic rings. The number of allylic oxidation sites excluding steroid dienone is 1. The van der Waals surface area contributed by atoms with E-state index in [9.17, 15) is 50.7 Å². The van der Waals surface area contributed by atoms with Crippen molar-refractivity contribution < 1.29 is 55.4 Å². The molecule has 2 saturated carbocycles. The van der Waals surface area contributed by atoms with E-state index in [4.69, 9.17) is 4.74 Å². The number of carbonyl (C=O) groups is 5. The van der Waals surface area contributed by atoms with E-state index >= 15 is 0 Å². The van der Waals surface area contributed by atoms with Gasteiger partial charge in [0.05, 0.1) is 16.5 Å². The van der Waals surface area contributed by atoms with Crippen molar-refractivity contribution in [1.29, 1.82) is 0 Å². The van der Waals surface area contributed by atoms with Crippen molar-refractivity contribution in [3.05, 3.63) is 59.8 Å². The highest BCUT2D eigenvalue weighted by Crippen LogP contribution is 2.47. The molecule has 324 valence electrons. The number of hydrogen-bond donors (Lipinski definition) is 4. The van der Waals surface area contributed by atoms with E-state index in [1.807, 2.05) is 6.08 Å². The van der Waals surface area contributed by atoms with Crippen LogP contribution in [0.15, 0.2) is 48.6 Å². The zero-order chi connectivity index (χ0) is 43.4. The van der Waals surface area contributed by atoms with Crippen LogP contribution in [0.2, 0.25) is 0 Å². The van der Waals surface area contributed by atoms with E-state index in [0.717, 1.165) is 18.6 Å². The number of benzene rings is 1. The van der Waals surface area contributed by atoms with Gasteiger partial charge in [0, 0.05) is 43.0 Å². The first-order chi connectivity index (χ1) is 28.2. The van der Waals surface area contributed by atoms with E-state index in [0.29, 0.717) is 32.1 Å². The number of alkyl halides is 3. The smallest absolute Gasteiger partial charge is 0.419 e. The van der Waals surface area contributed by atoms with Crippen molar-refractivity contribution in [1.82, 2.24) is 30.1 Å². The maximum atomic E-state index is 14.7. The number of amides is 5. The molecule has 7 rings (SSSR count). The summed E-state index contributed by atoms with van der Waals surface area (Å²) in [6.45, 7) is 5.08. The zero-order valence-corrected chi connectivity index (χ0v) is 34.3. The Kier molecular flexibility index (Phi) is 11.4. The summed E-state index contributed by atoms with van der Waals surface area (Å²) in [4.78, 5) is 77.3. The number of nitrogens with one attached hydrogen (secondary N) is 3. The second kappa shape index (κ2) is 16.0. The molecule has 4 fully saturated rings. The molecular weight excluding hydrogens is 810 g/mol. The molecule has 2 saturated heterocycles. The standard InChI is InChI=1S/C41H49F3N6O9S/c1-39(2,3)59-38(56)46-31-11-8-6-4-5-7-10-25-19-40(25,37(55)48-60(57,58)26-15-16-26)47-34(52)33-27-22-49(20-24(27)21-50(33)36(31)54)35(53)30-13-9-12-29(45-30)23-14-17-32(51)28(18-23)41(42,43)44/h7,9-10,12-14,17-18,24-27,31,33,51H,4-6,8,11,15-16,19-22H2,1-3H3,(H,46,56)(H,47,52)(H,48,55)/b10-7-/t24-,25+,27-,31-,33-,40-/m0/s1. The summed E-state index contributed by atoms with van der Waals surface area (Å²) in [7, 11) is -3.98. The summed E-state index contributed by atoms with van der Waals surface area (Å²) in [6.07, 6.45) is 1.86. The second-order valence-electron chi connectivity index (χ2n) is 17.4. The second-order valence-corrected chi connectivity index (χ2v) is 19.4. The van der Waals surface area contributed by atoms with Crippen LogP contribution < -0.4 is 15.4 Å². The van der Waals surface area contributed by atoms with Gasteiger partial charge in [-0.1, -0.05) is 31.1 Å². The summed E-state index contributed by atoms with van der Waals surface area (Å²) in [5, 5.41) is 14.7. The lowest BCUT2D eigenvalue weighted by Gasteiger charge is -2.33. The summed E-state index contributed by atoms with van der Waals surface area (Å²) in [5.74, 6) is -5.33. The van der Waals surface area contributed by atoms with Crippen LogP contribution in [-0.4, -0.2) is 106 Å². The molecule has 0 bridgehead atoms. The monoisotopic (exact) mass is 858 g/mol. The molecule has 2 aliphatic carbocycles. The van der Waals surface area contributed by atoms with Gasteiger partial charge < -0.3 is 30.3 Å². The van der Waals surface area contributed by atoms with Gasteiger partial charge in [-0.25, -0.2) is 18.2 Å². The number of aromatic nitrogens is 1. The lowest BCUT2D eigenvalue weighted by atomic mass is 9.93. The van der Waals surface area contributed by atoms with Gasteiger partial charge in [0.2, 0.25) is 21.8 Å². The van der Waals surface area contributed by atoms with Crippen molar-refractivity contribution in [3.63, 3.8) is 0 Å². The Bertz CT molecular complexity index is 2210. The van der Waals surface area contributed by atoms with Crippen molar-refractivity contribution in [2.75, 3.05) is 19.6 Å². The SMILES string of the molecule is CC(C)(C)OC(=O)N[C@H]1CCCCC/C=C\[C@@H]2C[C@]2(C(=O)NS(=O)(=O)C2CC2)NC(=O)[C@@H]2[C@H]3CN(C(=O)c4cccc(-c5ccc(O)c(C(F)(F)F)c5)n4)C[C@H]3CN2C1=O. The first kappa shape index (κ1) is 42.9. The summed E-state index contributed by atoms with van der Waals surface area (Å²) in [5.41, 5.74) is -3.77. The minimum Gasteiger partial charge on any atom is -0.507 e. The number of halogens is 3. The van der Waals surface area contributed by atoms with Gasteiger partial charge in [-0.3, -0.25) is 23.9 Å². The average molecular weight is 859 g/mol. The topological polar surface area (TPSA) is 204 Å². The van der Waals surface area contributed by atoms with Crippen molar-refractivity contribution in [2.24, 2.45) is 17.8 Å². The fraction of sp³-hybridized carbons (Fsp3) is 0.561. The van der Waals surface area contributed by atoms with E-state index in [1.54, 1.807) is 26.8 Å². The number of ether oxygens (including phenoxy) is 1. The first-order valence-electron chi connectivity index (χ1n) is 20.2. The molecule has 15 nitrogen and oxygen atoms in total. The van der Waals surface area contributed by atoms with E-state index in [1.165, 1.54) is 34.1 Å². The number of pyridine rings is 1. The Morgan fingerprint density at radius 1 is 1.00 bits per heavy atom. The molecule has 0 radical (unpaired) electrons. The highest BCUT2D eigenvalue weighted by molar-refractivity contribution is 7.91. The van der Waals surface area contributed by atoms with Crippen LogP contribution in [0.5, 0.6) is 5.75 Å². The predicted molar refractivity (Wildman–Crippen MR) is 209 cm³/mol. The van der Waals surface area contributed by atoms with Gasteiger partial charge >= 0.3 is 12.3 Å². The third kappa shape index (κ3) is 9.10. The third-order valence-corrected chi connectivity index (χ3v) is 13.6. The van der Waals surface area contributed by atoms with Gasteiger partial charge in [-0.15, -0.1) is 0 Å². The van der Waals surface area contributed by atoms with Gasteiger partial charge in [0.15, 0.2) is 0 Å². The Balaban J connectivity index is 1.18. The molecule has 4 N–H and O–H groups in total. The highest BCUT2D eigenvalue weighted by Gasteiger charge is 2.63. The molecule has 3 aliphatic heterocycles. The fourth-order valence-electron chi connectivity index (χ4n) is 8.49. The van der Waals surface area contributed by atoms with Gasteiger partial charge in [0.1, 0.15) is 34.7 Å². The number of hydrogen-bond acceptors (Lipinski definition) is 10. The number of phenolic OH excluding ortho intramolecular Hbond substituents is 1. The Morgan fingerprint density at radius 3 is 2.45 bits per heavy atom. The molecular formula is C41H49F3N6O9S. The van der Waals surface area contributed by atoms with Gasteiger partial charge in [0.25, 0.3) is 11.8 Å². The van der Waals surface area contributed by atoms with Crippen LogP contribution >= 0.6 is 0 Å². The largest absolute Gasteiger partial charge is 0.507 e. The van der Waals surface area contributed by atoms with Crippen molar-refractivity contribution >= 4 is 39.7 Å². The maximum Gasteiger partial charge on any atom is 0.419 e. The Morgan fingerprint density at radius 2 is 1.75 bits per heavy atom. The third-order valence-electron chi connectivity index (χ3n) is 11.8. The van der Waals surface area contributed by atoms with E-state index in [-0.39, 0.29) is 49.4 Å². The molecule has 19 heteroatoms. The molecule has 4 heterocycles. The average Bonchev–Trinajstić information content (AvgIpc) is 4.06. The zero-order valence-electron chi connectivity index (χ0n) is 33.5. The van der Waals surface area contributed by atoms with Crippen LogP contribution in [0.4, 0.5) is 18.0 Å². The van der Waals surface area contributed by atoms with E-state index < -0.39 is 103 Å². The number of rotatable bonds is 6. The molecule has 5 amide bonds. The number of nitrogens with zero attached hydrogens (tertiary/aromatic N) is 3. The highest BCUT2D eigenvalue weighted by atomic mass is 32.2. The quantitative estimate of drug-likeness (QED) is 0.304. The van der Waals surface area contributed by atoms with Crippen LogP contribution in [0.1, 0.15) is 88.2 Å². The van der Waals surface area contributed by atoms with Gasteiger partial charge in [-0.2, -0.15) is 13.2 Å². The molecule has 5 aliphatic rings. The number of sulfonamides is 1. The van der Waals surface area contributed by atoms with Crippen molar-refractivity contribution in [3.8, 4) is 17.0 Å². The minimum absolute atomic E-state index is 0.00233. The first-order valence-corrected chi connectivity index (χ1v) is 21.7. The number of likely N-dealkylation sites (tertiary alicyclic amines) is 1. The predicted octanol–water partition coefficient (Wildman–Crippen LogP) is 4.27. The van der Waals surface area contributed by atoms with Crippen LogP contribution in [0.3, 0.4) is 0 Å². The maximum absolute atomic E-state index is 14.7. The molecule has 1 aromatic heterocycles. The number of fused-ring (bicyclic) bond motifs is 4. The number of aromatic hydroxyl groups is 1. The Hall–Kier alpha value is -5.20. The summed E-state index contributed by atoms with van der Waals surface area (Å²) < 4.78 is 74.2. The summed E-state index contributed by atoms with van der Waals surface area (Å²) in [6, 6.07) is 4.86.